The van der Waals surface area contributed by atoms with E-state index in [-0.39, 0.29) is 6.04 Å². The largest absolute Gasteiger partial charge is 0.326 e. The summed E-state index contributed by atoms with van der Waals surface area (Å²) < 4.78 is 1.20. The Kier molecular flexibility index (Phi) is 4.82. The Balaban J connectivity index is 2.36. The molecule has 0 aliphatic carbocycles. The number of halogens is 1. The highest BCUT2D eigenvalue weighted by Crippen LogP contribution is 2.34. The Morgan fingerprint density at radius 1 is 1.39 bits per heavy atom. The van der Waals surface area contributed by atoms with Gasteiger partial charge in [-0.05, 0) is 50.0 Å². The van der Waals surface area contributed by atoms with Gasteiger partial charge < -0.3 is 5.73 Å². The standard InChI is InChI=1S/C15H23BrN2/c1-3-18-9-5-4-6-14(17)15(18)12-8-7-11(2)10-13(12)16/h7-8,10,14-15H,3-6,9,17H2,1-2H3. The summed E-state index contributed by atoms with van der Waals surface area (Å²) in [6, 6.07) is 7.21. The molecule has 0 aromatic heterocycles. The fraction of sp³-hybridized carbons (Fsp3) is 0.600. The molecule has 1 aromatic carbocycles. The first kappa shape index (κ1) is 14.0. The van der Waals surface area contributed by atoms with Crippen molar-refractivity contribution in [1.82, 2.24) is 4.90 Å². The van der Waals surface area contributed by atoms with Gasteiger partial charge in [0.25, 0.3) is 0 Å². The lowest BCUT2D eigenvalue weighted by Gasteiger charge is -2.33. The molecule has 2 atom stereocenters. The topological polar surface area (TPSA) is 29.3 Å². The quantitative estimate of drug-likeness (QED) is 0.903. The molecule has 1 aliphatic rings. The Morgan fingerprint density at radius 3 is 2.83 bits per heavy atom. The van der Waals surface area contributed by atoms with E-state index >= 15 is 0 Å². The van der Waals surface area contributed by atoms with Gasteiger partial charge in [0, 0.05) is 10.5 Å². The van der Waals surface area contributed by atoms with Crippen molar-refractivity contribution in [3.63, 3.8) is 0 Å². The summed E-state index contributed by atoms with van der Waals surface area (Å²) in [6.45, 7) is 6.58. The van der Waals surface area contributed by atoms with Crippen LogP contribution in [0, 0.1) is 6.92 Å². The zero-order valence-corrected chi connectivity index (χ0v) is 12.9. The van der Waals surface area contributed by atoms with Gasteiger partial charge in [0.1, 0.15) is 0 Å². The van der Waals surface area contributed by atoms with Crippen LogP contribution in [0.1, 0.15) is 43.4 Å². The molecular formula is C15H23BrN2. The second-order valence-electron chi connectivity index (χ2n) is 5.26. The van der Waals surface area contributed by atoms with Gasteiger partial charge in [-0.3, -0.25) is 4.90 Å². The summed E-state index contributed by atoms with van der Waals surface area (Å²) in [5.74, 6) is 0. The molecule has 1 fully saturated rings. The molecule has 2 rings (SSSR count). The molecule has 18 heavy (non-hydrogen) atoms. The van der Waals surface area contributed by atoms with Crippen LogP contribution in [0.5, 0.6) is 0 Å². The molecule has 0 saturated carbocycles. The summed E-state index contributed by atoms with van der Waals surface area (Å²) in [4.78, 5) is 2.52. The zero-order chi connectivity index (χ0) is 13.1. The van der Waals surface area contributed by atoms with Crippen molar-refractivity contribution in [3.05, 3.63) is 33.8 Å². The molecular weight excluding hydrogens is 288 g/mol. The monoisotopic (exact) mass is 310 g/mol. The number of hydrogen-bond donors (Lipinski definition) is 1. The minimum absolute atomic E-state index is 0.242. The number of benzene rings is 1. The van der Waals surface area contributed by atoms with Crippen LogP contribution in [-0.4, -0.2) is 24.0 Å². The fourth-order valence-electron chi connectivity index (χ4n) is 2.92. The Hall–Kier alpha value is -0.380. The second-order valence-corrected chi connectivity index (χ2v) is 6.11. The molecule has 1 aromatic rings. The number of nitrogens with zero attached hydrogens (tertiary/aromatic N) is 1. The second kappa shape index (κ2) is 6.18. The first-order valence-electron chi connectivity index (χ1n) is 6.89. The van der Waals surface area contributed by atoms with Crippen molar-refractivity contribution in [1.29, 1.82) is 0 Å². The number of hydrogen-bond acceptors (Lipinski definition) is 2. The van der Waals surface area contributed by atoms with Crippen molar-refractivity contribution in [2.24, 2.45) is 5.73 Å². The molecule has 0 amide bonds. The van der Waals surface area contributed by atoms with Gasteiger partial charge in [0.05, 0.1) is 6.04 Å². The van der Waals surface area contributed by atoms with Crippen molar-refractivity contribution in [2.45, 2.75) is 45.2 Å². The Bertz CT molecular complexity index is 405. The van der Waals surface area contributed by atoms with E-state index in [1.165, 1.54) is 28.4 Å². The molecule has 2 N–H and O–H groups in total. The molecule has 3 heteroatoms. The zero-order valence-electron chi connectivity index (χ0n) is 11.3. The average molecular weight is 311 g/mol. The van der Waals surface area contributed by atoms with Crippen molar-refractivity contribution >= 4 is 15.9 Å². The van der Waals surface area contributed by atoms with Crippen LogP contribution in [0.2, 0.25) is 0 Å². The molecule has 0 spiro atoms. The van der Waals surface area contributed by atoms with E-state index < -0.39 is 0 Å². The van der Waals surface area contributed by atoms with Crippen LogP contribution in [0.25, 0.3) is 0 Å². The normalized spacial score (nSPS) is 26.0. The van der Waals surface area contributed by atoms with E-state index in [1.54, 1.807) is 0 Å². The average Bonchev–Trinajstić information content (AvgIpc) is 2.51. The van der Waals surface area contributed by atoms with Gasteiger partial charge in [-0.15, -0.1) is 0 Å². The molecule has 1 heterocycles. The lowest BCUT2D eigenvalue weighted by Crippen LogP contribution is -2.39. The summed E-state index contributed by atoms with van der Waals surface area (Å²) in [5.41, 5.74) is 9.05. The Labute approximate surface area is 119 Å². The first-order valence-corrected chi connectivity index (χ1v) is 7.68. The van der Waals surface area contributed by atoms with E-state index in [2.05, 4.69) is 52.9 Å². The van der Waals surface area contributed by atoms with E-state index in [9.17, 15) is 0 Å². The van der Waals surface area contributed by atoms with E-state index in [4.69, 9.17) is 5.73 Å². The first-order chi connectivity index (χ1) is 8.63. The third-order valence-corrected chi connectivity index (χ3v) is 4.60. The van der Waals surface area contributed by atoms with Crippen LogP contribution in [0.4, 0.5) is 0 Å². The van der Waals surface area contributed by atoms with Gasteiger partial charge in [-0.2, -0.15) is 0 Å². The smallest absolute Gasteiger partial charge is 0.0510 e. The van der Waals surface area contributed by atoms with Crippen LogP contribution < -0.4 is 5.73 Å². The molecule has 1 aliphatic heterocycles. The molecule has 2 nitrogen and oxygen atoms in total. The van der Waals surface area contributed by atoms with E-state index in [0.717, 1.165) is 19.5 Å². The van der Waals surface area contributed by atoms with Crippen LogP contribution >= 0.6 is 15.9 Å². The van der Waals surface area contributed by atoms with Crippen molar-refractivity contribution in [3.8, 4) is 0 Å². The lowest BCUT2D eigenvalue weighted by molar-refractivity contribution is 0.195. The number of likely N-dealkylation sites (N-methyl/N-ethyl adjacent to an activating group) is 1. The summed E-state index contributed by atoms with van der Waals surface area (Å²) in [5, 5.41) is 0. The van der Waals surface area contributed by atoms with E-state index in [0.29, 0.717) is 6.04 Å². The summed E-state index contributed by atoms with van der Waals surface area (Å²) in [6.07, 6.45) is 3.64. The maximum atomic E-state index is 6.42. The Morgan fingerprint density at radius 2 is 2.17 bits per heavy atom. The highest BCUT2D eigenvalue weighted by Gasteiger charge is 2.29. The number of nitrogens with two attached hydrogens (primary N) is 1. The maximum Gasteiger partial charge on any atom is 0.0510 e. The third-order valence-electron chi connectivity index (χ3n) is 3.91. The fourth-order valence-corrected chi connectivity index (χ4v) is 3.64. The molecule has 100 valence electrons. The molecule has 0 radical (unpaired) electrons. The van der Waals surface area contributed by atoms with Crippen LogP contribution in [0.3, 0.4) is 0 Å². The highest BCUT2D eigenvalue weighted by molar-refractivity contribution is 9.10. The van der Waals surface area contributed by atoms with E-state index in [1.807, 2.05) is 0 Å². The summed E-state index contributed by atoms with van der Waals surface area (Å²) in [7, 11) is 0. The van der Waals surface area contributed by atoms with Crippen LogP contribution in [-0.2, 0) is 0 Å². The lowest BCUT2D eigenvalue weighted by atomic mass is 9.95. The van der Waals surface area contributed by atoms with Crippen molar-refractivity contribution < 1.29 is 0 Å². The van der Waals surface area contributed by atoms with Crippen LogP contribution in [0.15, 0.2) is 22.7 Å². The van der Waals surface area contributed by atoms with Gasteiger partial charge in [0.15, 0.2) is 0 Å². The predicted molar refractivity (Wildman–Crippen MR) is 80.7 cm³/mol. The van der Waals surface area contributed by atoms with Gasteiger partial charge in [-0.25, -0.2) is 0 Å². The number of aryl methyl sites for hydroxylation is 1. The van der Waals surface area contributed by atoms with Crippen molar-refractivity contribution in [2.75, 3.05) is 13.1 Å². The maximum absolute atomic E-state index is 6.42. The molecule has 2 unspecified atom stereocenters. The predicted octanol–water partition coefficient (Wildman–Crippen LogP) is 3.63. The minimum Gasteiger partial charge on any atom is -0.326 e. The summed E-state index contributed by atoms with van der Waals surface area (Å²) >= 11 is 3.71. The van der Waals surface area contributed by atoms with Gasteiger partial charge in [-0.1, -0.05) is 41.4 Å². The minimum atomic E-state index is 0.242. The van der Waals surface area contributed by atoms with Gasteiger partial charge >= 0.3 is 0 Å². The molecule has 0 bridgehead atoms. The third kappa shape index (κ3) is 2.95. The number of likely N-dealkylation sites (tertiary alicyclic amines) is 1. The highest BCUT2D eigenvalue weighted by atomic mass is 79.9. The molecule has 1 saturated heterocycles. The SMILES string of the molecule is CCN1CCCCC(N)C1c1ccc(C)cc1Br. The van der Waals surface area contributed by atoms with Gasteiger partial charge in [0.2, 0.25) is 0 Å². The number of rotatable bonds is 2.